The molecule has 138 valence electrons. The molecule has 0 bridgehead atoms. The van der Waals surface area contributed by atoms with E-state index in [1.54, 1.807) is 42.1 Å². The molecule has 1 aromatic rings. The molecule has 7 heteroatoms. The van der Waals surface area contributed by atoms with E-state index in [0.29, 0.717) is 49.0 Å². The van der Waals surface area contributed by atoms with E-state index >= 15 is 0 Å². The molecule has 1 saturated heterocycles. The van der Waals surface area contributed by atoms with Crippen LogP contribution in [0.2, 0.25) is 5.02 Å². The first-order valence-corrected chi connectivity index (χ1v) is 8.99. The van der Waals surface area contributed by atoms with E-state index in [2.05, 4.69) is 5.32 Å². The number of halogens is 1. The fourth-order valence-corrected chi connectivity index (χ4v) is 3.00. The van der Waals surface area contributed by atoms with Gasteiger partial charge in [-0.15, -0.1) is 0 Å². The number of urea groups is 1. The van der Waals surface area contributed by atoms with E-state index in [9.17, 15) is 9.59 Å². The third-order valence-corrected chi connectivity index (χ3v) is 4.45. The Bertz CT molecular complexity index is 614. The molecule has 1 aliphatic heterocycles. The minimum Gasteiger partial charge on any atom is -0.491 e. The van der Waals surface area contributed by atoms with Crippen LogP contribution in [0.5, 0.6) is 5.75 Å². The highest BCUT2D eigenvalue weighted by Gasteiger charge is 2.28. The van der Waals surface area contributed by atoms with Crippen LogP contribution < -0.4 is 10.1 Å². The van der Waals surface area contributed by atoms with E-state index in [1.807, 2.05) is 6.92 Å². The lowest BCUT2D eigenvalue weighted by atomic mass is 9.96. The lowest BCUT2D eigenvalue weighted by molar-refractivity contribution is -0.134. The molecule has 3 amide bonds. The van der Waals surface area contributed by atoms with Crippen molar-refractivity contribution < 1.29 is 14.3 Å². The SMILES string of the molecule is CCCOc1ccc(Cl)cc1NC(=O)N1CCC(C(=O)N(C)C)CC1. The molecule has 0 spiro atoms. The van der Waals surface area contributed by atoms with E-state index in [-0.39, 0.29) is 17.9 Å². The van der Waals surface area contributed by atoms with Crippen LogP contribution in [0.1, 0.15) is 26.2 Å². The molecule has 1 heterocycles. The van der Waals surface area contributed by atoms with Gasteiger partial charge in [0, 0.05) is 38.1 Å². The quantitative estimate of drug-likeness (QED) is 0.866. The third-order valence-electron chi connectivity index (χ3n) is 4.22. The molecule has 1 fully saturated rings. The van der Waals surface area contributed by atoms with Crippen molar-refractivity contribution in [2.45, 2.75) is 26.2 Å². The van der Waals surface area contributed by atoms with Gasteiger partial charge in [-0.25, -0.2) is 4.79 Å². The molecule has 1 aromatic carbocycles. The number of carbonyl (C=O) groups excluding carboxylic acids is 2. The Morgan fingerprint density at radius 3 is 2.60 bits per heavy atom. The lowest BCUT2D eigenvalue weighted by Gasteiger charge is -2.32. The summed E-state index contributed by atoms with van der Waals surface area (Å²) in [6, 6.07) is 4.99. The zero-order valence-corrected chi connectivity index (χ0v) is 15.8. The molecule has 0 radical (unpaired) electrons. The summed E-state index contributed by atoms with van der Waals surface area (Å²) in [4.78, 5) is 27.9. The second-order valence-corrected chi connectivity index (χ2v) is 6.85. The number of rotatable bonds is 5. The van der Waals surface area contributed by atoms with Crippen molar-refractivity contribution in [1.29, 1.82) is 0 Å². The predicted octanol–water partition coefficient (Wildman–Crippen LogP) is 3.46. The van der Waals surface area contributed by atoms with E-state index < -0.39 is 0 Å². The van der Waals surface area contributed by atoms with Crippen LogP contribution in [0.15, 0.2) is 18.2 Å². The first kappa shape index (κ1) is 19.4. The van der Waals surface area contributed by atoms with Crippen molar-refractivity contribution in [3.63, 3.8) is 0 Å². The number of benzene rings is 1. The molecule has 0 atom stereocenters. The Morgan fingerprint density at radius 1 is 1.32 bits per heavy atom. The van der Waals surface area contributed by atoms with Crippen LogP contribution in [0, 0.1) is 5.92 Å². The monoisotopic (exact) mass is 367 g/mol. The molecule has 0 aromatic heterocycles. The Balaban J connectivity index is 1.97. The van der Waals surface area contributed by atoms with Crippen molar-refractivity contribution in [2.24, 2.45) is 5.92 Å². The van der Waals surface area contributed by atoms with Crippen LogP contribution in [-0.2, 0) is 4.79 Å². The van der Waals surface area contributed by atoms with Gasteiger partial charge in [0.1, 0.15) is 5.75 Å². The lowest BCUT2D eigenvalue weighted by Crippen LogP contribution is -2.44. The van der Waals surface area contributed by atoms with Gasteiger partial charge in [-0.05, 0) is 37.5 Å². The summed E-state index contributed by atoms with van der Waals surface area (Å²) in [7, 11) is 3.52. The summed E-state index contributed by atoms with van der Waals surface area (Å²) in [5.74, 6) is 0.732. The van der Waals surface area contributed by atoms with Crippen LogP contribution in [0.4, 0.5) is 10.5 Å². The second kappa shape index (κ2) is 8.94. The number of nitrogens with one attached hydrogen (secondary N) is 1. The van der Waals surface area contributed by atoms with Gasteiger partial charge in [0.25, 0.3) is 0 Å². The van der Waals surface area contributed by atoms with Crippen LogP contribution in [0.3, 0.4) is 0 Å². The second-order valence-electron chi connectivity index (χ2n) is 6.41. The Kier molecular flexibility index (Phi) is 6.93. The smallest absolute Gasteiger partial charge is 0.321 e. The normalized spacial score (nSPS) is 15.0. The zero-order chi connectivity index (χ0) is 18.4. The van der Waals surface area contributed by atoms with Crippen molar-refractivity contribution in [3.8, 4) is 5.75 Å². The maximum atomic E-state index is 12.5. The van der Waals surface area contributed by atoms with Gasteiger partial charge in [-0.2, -0.15) is 0 Å². The Hall–Kier alpha value is -1.95. The molecular formula is C18H26ClN3O3. The van der Waals surface area contributed by atoms with Gasteiger partial charge in [0.15, 0.2) is 0 Å². The van der Waals surface area contributed by atoms with Gasteiger partial charge in [0.2, 0.25) is 5.91 Å². The van der Waals surface area contributed by atoms with E-state index in [4.69, 9.17) is 16.3 Å². The summed E-state index contributed by atoms with van der Waals surface area (Å²) >= 11 is 6.04. The predicted molar refractivity (Wildman–Crippen MR) is 99.2 cm³/mol. The Labute approximate surface area is 154 Å². The molecule has 6 nitrogen and oxygen atoms in total. The van der Waals surface area contributed by atoms with Crippen molar-refractivity contribution in [3.05, 3.63) is 23.2 Å². The largest absolute Gasteiger partial charge is 0.491 e. The number of ether oxygens (including phenoxy) is 1. The first-order chi connectivity index (χ1) is 11.9. The molecule has 1 N–H and O–H groups in total. The standard InChI is InChI=1S/C18H26ClN3O3/c1-4-11-25-16-6-5-14(19)12-15(16)20-18(24)22-9-7-13(8-10-22)17(23)21(2)3/h5-6,12-13H,4,7-11H2,1-3H3,(H,20,24). The van der Waals surface area contributed by atoms with Crippen molar-refractivity contribution in [2.75, 3.05) is 39.1 Å². The zero-order valence-electron chi connectivity index (χ0n) is 15.0. The number of amides is 3. The molecule has 1 aliphatic rings. The summed E-state index contributed by atoms with van der Waals surface area (Å²) in [5, 5.41) is 3.42. The molecule has 0 unspecified atom stereocenters. The number of carbonyl (C=O) groups is 2. The molecule has 0 aliphatic carbocycles. The molecule has 25 heavy (non-hydrogen) atoms. The van der Waals surface area contributed by atoms with Crippen LogP contribution in [-0.4, -0.2) is 55.5 Å². The summed E-state index contributed by atoms with van der Waals surface area (Å²) in [6.45, 7) is 3.71. The van der Waals surface area contributed by atoms with Gasteiger partial charge < -0.3 is 19.9 Å². The summed E-state index contributed by atoms with van der Waals surface area (Å²) in [6.07, 6.45) is 2.24. The fourth-order valence-electron chi connectivity index (χ4n) is 2.83. The minimum absolute atomic E-state index is 0.00586. The highest BCUT2D eigenvalue weighted by Crippen LogP contribution is 2.29. The van der Waals surface area contributed by atoms with Crippen molar-refractivity contribution in [1.82, 2.24) is 9.80 Å². The topological polar surface area (TPSA) is 61.9 Å². The van der Waals surface area contributed by atoms with Gasteiger partial charge >= 0.3 is 6.03 Å². The molecule has 0 saturated carbocycles. The number of likely N-dealkylation sites (tertiary alicyclic amines) is 1. The number of anilines is 1. The Morgan fingerprint density at radius 2 is 2.00 bits per heavy atom. The maximum Gasteiger partial charge on any atom is 0.321 e. The van der Waals surface area contributed by atoms with Gasteiger partial charge in [0.05, 0.1) is 12.3 Å². The highest BCUT2D eigenvalue weighted by molar-refractivity contribution is 6.31. The van der Waals surface area contributed by atoms with Crippen LogP contribution >= 0.6 is 11.6 Å². The summed E-state index contributed by atoms with van der Waals surface area (Å²) in [5.41, 5.74) is 0.567. The minimum atomic E-state index is -0.195. The number of hydrogen-bond acceptors (Lipinski definition) is 3. The highest BCUT2D eigenvalue weighted by atomic mass is 35.5. The molecular weight excluding hydrogens is 342 g/mol. The first-order valence-electron chi connectivity index (χ1n) is 8.61. The average molecular weight is 368 g/mol. The summed E-state index contributed by atoms with van der Waals surface area (Å²) < 4.78 is 5.66. The third kappa shape index (κ3) is 5.26. The van der Waals surface area contributed by atoms with Gasteiger partial charge in [-0.1, -0.05) is 18.5 Å². The van der Waals surface area contributed by atoms with Crippen molar-refractivity contribution >= 4 is 29.2 Å². The maximum absolute atomic E-state index is 12.5. The van der Waals surface area contributed by atoms with E-state index in [1.165, 1.54) is 0 Å². The average Bonchev–Trinajstić information content (AvgIpc) is 2.60. The van der Waals surface area contributed by atoms with Crippen LogP contribution in [0.25, 0.3) is 0 Å². The number of hydrogen-bond donors (Lipinski definition) is 1. The van der Waals surface area contributed by atoms with E-state index in [0.717, 1.165) is 6.42 Å². The number of nitrogens with zero attached hydrogens (tertiary/aromatic N) is 2. The van der Waals surface area contributed by atoms with Gasteiger partial charge in [-0.3, -0.25) is 4.79 Å². The molecule has 2 rings (SSSR count). The number of piperidine rings is 1. The fraction of sp³-hybridized carbons (Fsp3) is 0.556.